The Balaban J connectivity index is 1.68. The quantitative estimate of drug-likeness (QED) is 0.884. The van der Waals surface area contributed by atoms with Crippen molar-refractivity contribution in [1.82, 2.24) is 5.32 Å². The van der Waals surface area contributed by atoms with E-state index in [0.717, 1.165) is 25.8 Å². The second-order valence-corrected chi connectivity index (χ2v) is 6.14. The Kier molecular flexibility index (Phi) is 4.96. The molecular formula is C20H24N2O. The highest BCUT2D eigenvalue weighted by atomic mass is 16.1. The van der Waals surface area contributed by atoms with Crippen LogP contribution in [-0.4, -0.2) is 11.9 Å². The molecule has 3 nitrogen and oxygen atoms in total. The topological polar surface area (TPSA) is 41.1 Å². The normalized spacial score (nSPS) is 16.5. The first-order chi connectivity index (χ1) is 11.3. The average molecular weight is 308 g/mol. The molecule has 0 spiro atoms. The molecule has 0 heterocycles. The van der Waals surface area contributed by atoms with Gasteiger partial charge in [-0.25, -0.2) is 0 Å². The molecule has 0 aliphatic heterocycles. The number of carbonyl (C=O) groups is 1. The number of hydrogen-bond donors (Lipinski definition) is 2. The highest BCUT2D eigenvalue weighted by Crippen LogP contribution is 2.28. The maximum atomic E-state index is 11.6. The summed E-state index contributed by atoms with van der Waals surface area (Å²) in [5.41, 5.74) is 5.28. The van der Waals surface area contributed by atoms with Crippen LogP contribution in [0.15, 0.2) is 48.5 Å². The van der Waals surface area contributed by atoms with E-state index in [1.54, 1.807) is 0 Å². The van der Waals surface area contributed by atoms with Crippen molar-refractivity contribution in [3.8, 4) is 0 Å². The van der Waals surface area contributed by atoms with Gasteiger partial charge in [-0.1, -0.05) is 49.4 Å². The van der Waals surface area contributed by atoms with Crippen LogP contribution in [0, 0.1) is 0 Å². The molecule has 0 saturated heterocycles. The number of carbonyl (C=O) groups excluding carboxylic acids is 1. The minimum atomic E-state index is 0.150. The van der Waals surface area contributed by atoms with Crippen molar-refractivity contribution in [3.05, 3.63) is 65.2 Å². The van der Waals surface area contributed by atoms with Crippen molar-refractivity contribution in [2.75, 3.05) is 5.32 Å². The third-order valence-corrected chi connectivity index (χ3v) is 4.49. The van der Waals surface area contributed by atoms with Crippen LogP contribution in [0.25, 0.3) is 0 Å². The molecular weight excluding hydrogens is 284 g/mol. The Morgan fingerprint density at radius 2 is 1.96 bits per heavy atom. The largest absolute Gasteiger partial charge is 0.381 e. The molecule has 1 unspecified atom stereocenters. The van der Waals surface area contributed by atoms with E-state index < -0.39 is 0 Å². The highest BCUT2D eigenvalue weighted by molar-refractivity contribution is 5.76. The minimum Gasteiger partial charge on any atom is -0.381 e. The molecule has 3 rings (SSSR count). The van der Waals surface area contributed by atoms with Crippen molar-refractivity contribution >= 4 is 11.6 Å². The van der Waals surface area contributed by atoms with Gasteiger partial charge in [0.05, 0.1) is 0 Å². The zero-order valence-electron chi connectivity index (χ0n) is 13.6. The smallest absolute Gasteiger partial charge is 0.219 e. The van der Waals surface area contributed by atoms with Crippen LogP contribution in [0.5, 0.6) is 0 Å². The lowest BCUT2D eigenvalue weighted by atomic mass is 9.87. The molecule has 0 fully saturated rings. The number of rotatable bonds is 5. The third-order valence-electron chi connectivity index (χ3n) is 4.49. The summed E-state index contributed by atoms with van der Waals surface area (Å²) in [5, 5.41) is 6.70. The lowest BCUT2D eigenvalue weighted by Gasteiger charge is -2.27. The Hall–Kier alpha value is -2.29. The molecule has 0 radical (unpaired) electrons. The van der Waals surface area contributed by atoms with Gasteiger partial charge in [-0.3, -0.25) is 4.79 Å². The summed E-state index contributed by atoms with van der Waals surface area (Å²) in [6, 6.07) is 17.2. The van der Waals surface area contributed by atoms with E-state index in [2.05, 4.69) is 53.1 Å². The van der Waals surface area contributed by atoms with Crippen LogP contribution >= 0.6 is 0 Å². The van der Waals surface area contributed by atoms with Crippen LogP contribution < -0.4 is 10.6 Å². The predicted molar refractivity (Wildman–Crippen MR) is 94.5 cm³/mol. The van der Waals surface area contributed by atoms with E-state index in [9.17, 15) is 4.79 Å². The van der Waals surface area contributed by atoms with E-state index >= 15 is 0 Å². The first-order valence-corrected chi connectivity index (χ1v) is 8.44. The molecule has 2 aromatic rings. The number of amides is 1. The second kappa shape index (κ2) is 7.32. The van der Waals surface area contributed by atoms with Gasteiger partial charge in [0.25, 0.3) is 0 Å². The number of nitrogens with one attached hydrogen (secondary N) is 2. The van der Waals surface area contributed by atoms with E-state index in [1.807, 2.05) is 13.0 Å². The Morgan fingerprint density at radius 3 is 2.74 bits per heavy atom. The number of hydrogen-bond acceptors (Lipinski definition) is 2. The van der Waals surface area contributed by atoms with Gasteiger partial charge in [0.15, 0.2) is 0 Å². The van der Waals surface area contributed by atoms with Crippen molar-refractivity contribution < 1.29 is 4.79 Å². The van der Waals surface area contributed by atoms with Gasteiger partial charge >= 0.3 is 0 Å². The summed E-state index contributed by atoms with van der Waals surface area (Å²) >= 11 is 0. The zero-order chi connectivity index (χ0) is 16.1. The Morgan fingerprint density at radius 1 is 1.13 bits per heavy atom. The zero-order valence-corrected chi connectivity index (χ0v) is 13.6. The van der Waals surface area contributed by atoms with Crippen LogP contribution in [0.1, 0.15) is 36.5 Å². The van der Waals surface area contributed by atoms with Gasteiger partial charge in [0.2, 0.25) is 5.91 Å². The molecule has 2 N–H and O–H groups in total. The molecule has 1 atom stereocenters. The summed E-state index contributed by atoms with van der Waals surface area (Å²) in [5.74, 6) is 0.150. The van der Waals surface area contributed by atoms with Gasteiger partial charge in [0, 0.05) is 24.7 Å². The van der Waals surface area contributed by atoms with E-state index in [-0.39, 0.29) is 11.9 Å². The van der Waals surface area contributed by atoms with Crippen LogP contribution in [-0.2, 0) is 24.2 Å². The van der Waals surface area contributed by atoms with E-state index in [1.165, 1.54) is 22.4 Å². The third kappa shape index (κ3) is 3.92. The molecule has 1 aliphatic carbocycles. The monoisotopic (exact) mass is 308 g/mol. The summed E-state index contributed by atoms with van der Waals surface area (Å²) in [6.45, 7) is 2.74. The highest BCUT2D eigenvalue weighted by Gasteiger charge is 2.21. The van der Waals surface area contributed by atoms with E-state index in [0.29, 0.717) is 6.42 Å². The predicted octanol–water partition coefficient (Wildman–Crippen LogP) is 3.68. The average Bonchev–Trinajstić information content (AvgIpc) is 2.60. The molecule has 0 aromatic heterocycles. The van der Waals surface area contributed by atoms with Gasteiger partial charge < -0.3 is 10.6 Å². The minimum absolute atomic E-state index is 0.150. The second-order valence-electron chi connectivity index (χ2n) is 6.14. The molecule has 0 saturated carbocycles. The number of benzene rings is 2. The Labute approximate surface area is 138 Å². The molecule has 0 bridgehead atoms. The fourth-order valence-electron chi connectivity index (χ4n) is 3.22. The van der Waals surface area contributed by atoms with Crippen molar-refractivity contribution in [1.29, 1.82) is 0 Å². The maximum absolute atomic E-state index is 11.6. The van der Waals surface area contributed by atoms with Crippen molar-refractivity contribution in [2.24, 2.45) is 0 Å². The van der Waals surface area contributed by atoms with Crippen molar-refractivity contribution in [2.45, 2.75) is 45.2 Å². The maximum Gasteiger partial charge on any atom is 0.219 e. The van der Waals surface area contributed by atoms with Gasteiger partial charge in [-0.15, -0.1) is 0 Å². The lowest BCUT2D eigenvalue weighted by molar-refractivity contribution is -0.121. The van der Waals surface area contributed by atoms with Gasteiger partial charge in [0.1, 0.15) is 0 Å². The van der Waals surface area contributed by atoms with Crippen LogP contribution in [0.4, 0.5) is 5.69 Å². The molecule has 3 heteroatoms. The molecule has 2 aromatic carbocycles. The SMILES string of the molecule is CCC(=O)NC1CCc2c(cccc2NCc2ccccc2)C1. The molecule has 1 aliphatic rings. The lowest BCUT2D eigenvalue weighted by Crippen LogP contribution is -2.38. The summed E-state index contributed by atoms with van der Waals surface area (Å²) in [4.78, 5) is 11.6. The van der Waals surface area contributed by atoms with Crippen molar-refractivity contribution in [3.63, 3.8) is 0 Å². The molecule has 120 valence electrons. The standard InChI is InChI=1S/C20H24N2O/c1-2-20(23)22-17-11-12-18-16(13-17)9-6-10-19(18)21-14-15-7-4-3-5-8-15/h3-10,17,21H,2,11-14H2,1H3,(H,22,23). The summed E-state index contributed by atoms with van der Waals surface area (Å²) in [7, 11) is 0. The summed E-state index contributed by atoms with van der Waals surface area (Å²) < 4.78 is 0. The van der Waals surface area contributed by atoms with Crippen LogP contribution in [0.3, 0.4) is 0 Å². The van der Waals surface area contributed by atoms with E-state index in [4.69, 9.17) is 0 Å². The van der Waals surface area contributed by atoms with Gasteiger partial charge in [-0.2, -0.15) is 0 Å². The fraction of sp³-hybridized carbons (Fsp3) is 0.350. The van der Waals surface area contributed by atoms with Crippen LogP contribution in [0.2, 0.25) is 0 Å². The first-order valence-electron chi connectivity index (χ1n) is 8.44. The summed E-state index contributed by atoms with van der Waals surface area (Å²) in [6.07, 6.45) is 3.52. The molecule has 1 amide bonds. The van der Waals surface area contributed by atoms with Gasteiger partial charge in [-0.05, 0) is 42.0 Å². The molecule has 23 heavy (non-hydrogen) atoms. The fourth-order valence-corrected chi connectivity index (χ4v) is 3.22. The number of anilines is 1. The number of fused-ring (bicyclic) bond motifs is 1. The Bertz CT molecular complexity index is 667. The first kappa shape index (κ1) is 15.6.